The van der Waals surface area contributed by atoms with Crippen LogP contribution in [0, 0.1) is 6.92 Å². The van der Waals surface area contributed by atoms with Crippen LogP contribution in [0.4, 0.5) is 0 Å². The van der Waals surface area contributed by atoms with Gasteiger partial charge in [-0.05, 0) is 31.9 Å². The minimum absolute atomic E-state index is 0.0264. The predicted octanol–water partition coefficient (Wildman–Crippen LogP) is 1.61. The number of likely N-dealkylation sites (tertiary alicyclic amines) is 1. The zero-order chi connectivity index (χ0) is 15.5. The molecule has 0 unspecified atom stereocenters. The fraction of sp³-hybridized carbons (Fsp3) is 0.400. The van der Waals surface area contributed by atoms with Crippen molar-refractivity contribution >= 4 is 11.8 Å². The molecule has 2 amide bonds. The van der Waals surface area contributed by atoms with E-state index in [-0.39, 0.29) is 23.6 Å². The van der Waals surface area contributed by atoms with Gasteiger partial charge in [-0.2, -0.15) is 0 Å². The lowest BCUT2D eigenvalue weighted by atomic mass is 10.0. The third-order valence-corrected chi connectivity index (χ3v) is 3.70. The molecule has 3 rings (SSSR count). The van der Waals surface area contributed by atoms with Gasteiger partial charge < -0.3 is 19.2 Å². The summed E-state index contributed by atoms with van der Waals surface area (Å²) in [5, 5.41) is 6.60. The molecular formula is C15H17N3O4. The summed E-state index contributed by atoms with van der Waals surface area (Å²) in [5.74, 6) is 0.184. The topological polar surface area (TPSA) is 88.6 Å². The summed E-state index contributed by atoms with van der Waals surface area (Å²) in [6.07, 6.45) is 2.89. The molecule has 0 radical (unpaired) electrons. The average Bonchev–Trinajstić information content (AvgIpc) is 3.18. The van der Waals surface area contributed by atoms with Crippen LogP contribution in [0.3, 0.4) is 0 Å². The highest BCUT2D eigenvalue weighted by Crippen LogP contribution is 2.15. The van der Waals surface area contributed by atoms with Crippen molar-refractivity contribution in [1.82, 2.24) is 15.4 Å². The van der Waals surface area contributed by atoms with Crippen LogP contribution in [0.2, 0.25) is 0 Å². The first-order chi connectivity index (χ1) is 10.6. The molecule has 0 saturated carbocycles. The molecule has 1 N–H and O–H groups in total. The smallest absolute Gasteiger partial charge is 0.290 e. The molecular weight excluding hydrogens is 286 g/mol. The van der Waals surface area contributed by atoms with Gasteiger partial charge in [0.05, 0.1) is 12.0 Å². The molecule has 0 aliphatic carbocycles. The Balaban J connectivity index is 1.51. The van der Waals surface area contributed by atoms with Crippen molar-refractivity contribution in [2.75, 3.05) is 13.1 Å². The normalized spacial score (nSPS) is 15.8. The van der Waals surface area contributed by atoms with Gasteiger partial charge in [0.25, 0.3) is 11.8 Å². The van der Waals surface area contributed by atoms with E-state index in [1.807, 2.05) is 0 Å². The first-order valence-corrected chi connectivity index (χ1v) is 7.20. The number of nitrogens with one attached hydrogen (secondary N) is 1. The molecule has 1 saturated heterocycles. The summed E-state index contributed by atoms with van der Waals surface area (Å²) < 4.78 is 10.1. The maximum atomic E-state index is 12.1. The molecule has 0 aromatic carbocycles. The van der Waals surface area contributed by atoms with Gasteiger partial charge in [0.2, 0.25) is 5.76 Å². The minimum Gasteiger partial charge on any atom is -0.459 e. The number of hydrogen-bond donors (Lipinski definition) is 1. The van der Waals surface area contributed by atoms with Gasteiger partial charge in [-0.1, -0.05) is 5.16 Å². The lowest BCUT2D eigenvalue weighted by molar-refractivity contribution is 0.0664. The standard InChI is InChI=1S/C15H17N3O4/c1-10-9-13(22-17-10)14(19)16-11-4-6-18(7-5-11)15(20)12-3-2-8-21-12/h2-3,8-9,11H,4-7H2,1H3,(H,16,19). The van der Waals surface area contributed by atoms with Gasteiger partial charge in [-0.15, -0.1) is 0 Å². The predicted molar refractivity (Wildman–Crippen MR) is 76.3 cm³/mol. The maximum absolute atomic E-state index is 12.1. The fourth-order valence-electron chi connectivity index (χ4n) is 2.51. The number of piperidine rings is 1. The molecule has 116 valence electrons. The van der Waals surface area contributed by atoms with Crippen LogP contribution in [0.25, 0.3) is 0 Å². The SMILES string of the molecule is Cc1cc(C(=O)NC2CCN(C(=O)c3ccco3)CC2)on1. The minimum atomic E-state index is -0.267. The van der Waals surface area contributed by atoms with Crippen molar-refractivity contribution in [3.63, 3.8) is 0 Å². The second-order valence-corrected chi connectivity index (χ2v) is 5.35. The Morgan fingerprint density at radius 3 is 2.68 bits per heavy atom. The van der Waals surface area contributed by atoms with E-state index in [2.05, 4.69) is 10.5 Å². The first kappa shape index (κ1) is 14.4. The average molecular weight is 303 g/mol. The molecule has 7 nitrogen and oxygen atoms in total. The summed E-state index contributed by atoms with van der Waals surface area (Å²) in [5.41, 5.74) is 0.670. The Morgan fingerprint density at radius 1 is 1.32 bits per heavy atom. The zero-order valence-corrected chi connectivity index (χ0v) is 12.2. The van der Waals surface area contributed by atoms with Gasteiger partial charge in [0, 0.05) is 25.2 Å². The molecule has 1 aliphatic rings. The fourth-order valence-corrected chi connectivity index (χ4v) is 2.51. The van der Waals surface area contributed by atoms with Crippen LogP contribution >= 0.6 is 0 Å². The highest BCUT2D eigenvalue weighted by molar-refractivity contribution is 5.92. The lowest BCUT2D eigenvalue weighted by Gasteiger charge is -2.31. The van der Waals surface area contributed by atoms with E-state index in [0.717, 1.165) is 0 Å². The molecule has 2 aromatic heterocycles. The third kappa shape index (κ3) is 3.03. The van der Waals surface area contributed by atoms with Crippen LogP contribution in [0.15, 0.2) is 33.4 Å². The van der Waals surface area contributed by atoms with Crippen LogP contribution in [0.1, 0.15) is 39.6 Å². The van der Waals surface area contributed by atoms with Gasteiger partial charge in [0.15, 0.2) is 5.76 Å². The van der Waals surface area contributed by atoms with Crippen LogP contribution < -0.4 is 5.32 Å². The van der Waals surface area contributed by atoms with E-state index in [0.29, 0.717) is 37.4 Å². The molecule has 2 aromatic rings. The Morgan fingerprint density at radius 2 is 2.09 bits per heavy atom. The molecule has 3 heterocycles. The van der Waals surface area contributed by atoms with Gasteiger partial charge in [0.1, 0.15) is 0 Å². The van der Waals surface area contributed by atoms with Gasteiger partial charge >= 0.3 is 0 Å². The Labute approximate surface area is 127 Å². The van der Waals surface area contributed by atoms with E-state index in [1.165, 1.54) is 6.26 Å². The number of nitrogens with zero attached hydrogens (tertiary/aromatic N) is 2. The lowest BCUT2D eigenvalue weighted by Crippen LogP contribution is -2.46. The van der Waals surface area contributed by atoms with Crippen molar-refractivity contribution in [1.29, 1.82) is 0 Å². The van der Waals surface area contributed by atoms with Gasteiger partial charge in [-0.25, -0.2) is 0 Å². The number of hydrogen-bond acceptors (Lipinski definition) is 5. The summed E-state index contributed by atoms with van der Waals surface area (Å²) >= 11 is 0. The molecule has 0 spiro atoms. The van der Waals surface area contributed by atoms with E-state index < -0.39 is 0 Å². The van der Waals surface area contributed by atoms with Crippen LogP contribution in [0.5, 0.6) is 0 Å². The molecule has 1 aliphatic heterocycles. The second kappa shape index (κ2) is 6.05. The number of carbonyl (C=O) groups is 2. The molecule has 0 atom stereocenters. The van der Waals surface area contributed by atoms with Gasteiger partial charge in [-0.3, -0.25) is 9.59 Å². The molecule has 22 heavy (non-hydrogen) atoms. The Kier molecular flexibility index (Phi) is 3.95. The summed E-state index contributed by atoms with van der Waals surface area (Å²) in [6.45, 7) is 2.93. The highest BCUT2D eigenvalue weighted by Gasteiger charge is 2.26. The first-order valence-electron chi connectivity index (χ1n) is 7.20. The Bertz CT molecular complexity index is 654. The van der Waals surface area contributed by atoms with Crippen molar-refractivity contribution < 1.29 is 18.5 Å². The largest absolute Gasteiger partial charge is 0.459 e. The van der Waals surface area contributed by atoms with Crippen molar-refractivity contribution in [2.24, 2.45) is 0 Å². The zero-order valence-electron chi connectivity index (χ0n) is 12.2. The second-order valence-electron chi connectivity index (χ2n) is 5.35. The number of carbonyl (C=O) groups excluding carboxylic acids is 2. The number of rotatable bonds is 3. The number of furan rings is 1. The van der Waals surface area contributed by atoms with Crippen LogP contribution in [-0.4, -0.2) is 41.0 Å². The summed E-state index contributed by atoms with van der Waals surface area (Å²) in [7, 11) is 0. The molecule has 0 bridgehead atoms. The Hall–Kier alpha value is -2.57. The molecule has 7 heteroatoms. The van der Waals surface area contributed by atoms with Crippen LogP contribution in [-0.2, 0) is 0 Å². The summed E-state index contributed by atoms with van der Waals surface area (Å²) in [6, 6.07) is 4.98. The highest BCUT2D eigenvalue weighted by atomic mass is 16.5. The number of aromatic nitrogens is 1. The monoisotopic (exact) mass is 303 g/mol. The van der Waals surface area contributed by atoms with E-state index >= 15 is 0 Å². The number of aryl methyl sites for hydroxylation is 1. The van der Waals surface area contributed by atoms with Crippen molar-refractivity contribution in [3.8, 4) is 0 Å². The summed E-state index contributed by atoms with van der Waals surface area (Å²) in [4.78, 5) is 25.9. The van der Waals surface area contributed by atoms with E-state index in [9.17, 15) is 9.59 Å². The third-order valence-electron chi connectivity index (χ3n) is 3.70. The molecule has 1 fully saturated rings. The number of amides is 2. The van der Waals surface area contributed by atoms with E-state index in [4.69, 9.17) is 8.94 Å². The van der Waals surface area contributed by atoms with E-state index in [1.54, 1.807) is 30.0 Å². The van der Waals surface area contributed by atoms with Crippen molar-refractivity contribution in [3.05, 3.63) is 41.7 Å². The maximum Gasteiger partial charge on any atom is 0.290 e. The quantitative estimate of drug-likeness (QED) is 0.930. The van der Waals surface area contributed by atoms with Crippen molar-refractivity contribution in [2.45, 2.75) is 25.8 Å².